The van der Waals surface area contributed by atoms with E-state index in [2.05, 4.69) is 10.2 Å². The van der Waals surface area contributed by atoms with Gasteiger partial charge in [-0.1, -0.05) is 0 Å². The van der Waals surface area contributed by atoms with Crippen LogP contribution >= 0.6 is 35.6 Å². The summed E-state index contributed by atoms with van der Waals surface area (Å²) in [7, 11) is 0. The molecular formula is C18H26Cl3N5O6. The quantitative estimate of drug-likeness (QED) is 0.195. The van der Waals surface area contributed by atoms with Gasteiger partial charge in [-0.2, -0.15) is 0 Å². The summed E-state index contributed by atoms with van der Waals surface area (Å²) in [5.41, 5.74) is -1.29. The molecule has 32 heavy (non-hydrogen) atoms. The molecule has 0 aromatic heterocycles. The molecule has 0 aliphatic carbocycles. The van der Waals surface area contributed by atoms with E-state index >= 15 is 0 Å². The minimum Gasteiger partial charge on any atom is -0.379 e. The van der Waals surface area contributed by atoms with Crippen molar-refractivity contribution in [1.82, 2.24) is 10.2 Å². The average Bonchev–Trinajstić information content (AvgIpc) is 2.76. The molecule has 0 saturated carbocycles. The zero-order valence-corrected chi connectivity index (χ0v) is 19.7. The SMILES string of the molecule is Cl.O=C(NCCCN1CCOCC1)c1cc(N(CCCl)CCCl)c([N+](=O)[O-])cc1[N+](=O)[O-]. The van der Waals surface area contributed by atoms with E-state index in [0.717, 1.165) is 25.7 Å². The number of alkyl halides is 2. The fraction of sp³-hybridized carbons (Fsp3) is 0.611. The highest BCUT2D eigenvalue weighted by Crippen LogP contribution is 2.35. The Balaban J connectivity index is 0.00000512. The van der Waals surface area contributed by atoms with Gasteiger partial charge in [-0.05, 0) is 19.0 Å². The lowest BCUT2D eigenvalue weighted by molar-refractivity contribution is -0.393. The summed E-state index contributed by atoms with van der Waals surface area (Å²) < 4.78 is 5.29. The number of rotatable bonds is 12. The first-order valence-electron chi connectivity index (χ1n) is 9.81. The molecule has 2 rings (SSSR count). The number of halogens is 3. The van der Waals surface area contributed by atoms with Crippen molar-refractivity contribution in [3.63, 3.8) is 0 Å². The standard InChI is InChI=1S/C18H25Cl2N5O6.ClH/c19-2-6-23(7-3-20)16-12-14(15(24(27)28)13-17(16)25(29)30)18(26)21-4-1-5-22-8-10-31-11-9-22;/h12-13H,1-11H2,(H,21,26);1H. The van der Waals surface area contributed by atoms with Gasteiger partial charge in [0.2, 0.25) is 0 Å². The summed E-state index contributed by atoms with van der Waals surface area (Å²) in [5, 5.41) is 25.7. The number of nitrogens with one attached hydrogen (secondary N) is 1. The number of amides is 1. The number of nitro groups is 2. The fourth-order valence-corrected chi connectivity index (χ4v) is 3.69. The zero-order chi connectivity index (χ0) is 22.8. The van der Waals surface area contributed by atoms with Crippen molar-refractivity contribution in [2.45, 2.75) is 6.42 Å². The molecule has 0 atom stereocenters. The predicted octanol–water partition coefficient (Wildman–Crippen LogP) is 2.66. The number of nitrogens with zero attached hydrogens (tertiary/aromatic N) is 4. The summed E-state index contributed by atoms with van der Waals surface area (Å²) in [5.74, 6) is -0.344. The predicted molar refractivity (Wildman–Crippen MR) is 125 cm³/mol. The molecule has 1 N–H and O–H groups in total. The number of hydrogen-bond acceptors (Lipinski definition) is 8. The van der Waals surface area contributed by atoms with Crippen molar-refractivity contribution in [3.05, 3.63) is 37.9 Å². The first-order valence-corrected chi connectivity index (χ1v) is 10.9. The normalized spacial score (nSPS) is 13.8. The Morgan fingerprint density at radius 3 is 2.22 bits per heavy atom. The second kappa shape index (κ2) is 14.3. The van der Waals surface area contributed by atoms with Crippen LogP contribution in [-0.4, -0.2) is 84.9 Å². The number of benzene rings is 1. The Hall–Kier alpha value is -1.92. The molecule has 0 spiro atoms. The topological polar surface area (TPSA) is 131 Å². The largest absolute Gasteiger partial charge is 0.379 e. The molecule has 180 valence electrons. The maximum Gasteiger partial charge on any atom is 0.299 e. The smallest absolute Gasteiger partial charge is 0.299 e. The molecule has 0 bridgehead atoms. The second-order valence-electron chi connectivity index (χ2n) is 6.80. The van der Waals surface area contributed by atoms with Crippen LogP contribution in [0.5, 0.6) is 0 Å². The van der Waals surface area contributed by atoms with Gasteiger partial charge in [0.1, 0.15) is 11.3 Å². The van der Waals surface area contributed by atoms with Crippen molar-refractivity contribution in [1.29, 1.82) is 0 Å². The molecule has 0 unspecified atom stereocenters. The number of morpholine rings is 1. The summed E-state index contributed by atoms with van der Waals surface area (Å²) in [6.45, 7) is 4.52. The van der Waals surface area contributed by atoms with Crippen LogP contribution in [-0.2, 0) is 4.74 Å². The van der Waals surface area contributed by atoms with Crippen LogP contribution in [0, 0.1) is 20.2 Å². The number of hydrogen-bond donors (Lipinski definition) is 1. The Morgan fingerprint density at radius 1 is 1.09 bits per heavy atom. The molecule has 0 radical (unpaired) electrons. The van der Waals surface area contributed by atoms with Crippen LogP contribution in [0.3, 0.4) is 0 Å². The van der Waals surface area contributed by atoms with Crippen LogP contribution in [0.15, 0.2) is 12.1 Å². The molecule has 1 aromatic rings. The van der Waals surface area contributed by atoms with Crippen LogP contribution in [0.2, 0.25) is 0 Å². The van der Waals surface area contributed by atoms with E-state index in [1.165, 1.54) is 11.0 Å². The summed E-state index contributed by atoms with van der Waals surface area (Å²) in [6.07, 6.45) is 0.657. The Kier molecular flexibility index (Phi) is 12.5. The van der Waals surface area contributed by atoms with E-state index in [1.54, 1.807) is 0 Å². The Labute approximate surface area is 201 Å². The van der Waals surface area contributed by atoms with E-state index in [1.807, 2.05) is 0 Å². The van der Waals surface area contributed by atoms with Crippen molar-refractivity contribution in [2.75, 3.05) is 69.1 Å². The molecular weight excluding hydrogens is 489 g/mol. The van der Waals surface area contributed by atoms with Gasteiger partial charge in [0, 0.05) is 44.5 Å². The molecule has 1 aliphatic rings. The fourth-order valence-electron chi connectivity index (χ4n) is 3.28. The first kappa shape index (κ1) is 28.1. The van der Waals surface area contributed by atoms with E-state index in [9.17, 15) is 25.0 Å². The van der Waals surface area contributed by atoms with Gasteiger partial charge < -0.3 is 15.0 Å². The van der Waals surface area contributed by atoms with E-state index in [0.29, 0.717) is 26.2 Å². The van der Waals surface area contributed by atoms with Gasteiger partial charge in [0.15, 0.2) is 0 Å². The summed E-state index contributed by atoms with van der Waals surface area (Å²) in [4.78, 5) is 38.0. The van der Waals surface area contributed by atoms with Crippen LogP contribution < -0.4 is 10.2 Å². The molecule has 1 saturated heterocycles. The Morgan fingerprint density at radius 2 is 1.69 bits per heavy atom. The van der Waals surface area contributed by atoms with Gasteiger partial charge in [-0.15, -0.1) is 35.6 Å². The van der Waals surface area contributed by atoms with Crippen LogP contribution in [0.4, 0.5) is 17.1 Å². The van der Waals surface area contributed by atoms with Crippen LogP contribution in [0.25, 0.3) is 0 Å². The number of carbonyl (C=O) groups excluding carboxylic acids is 1. The number of ether oxygens (including phenoxy) is 1. The summed E-state index contributed by atoms with van der Waals surface area (Å²) in [6, 6.07) is 1.99. The third-order valence-electron chi connectivity index (χ3n) is 4.82. The maximum atomic E-state index is 12.7. The number of carbonyl (C=O) groups is 1. The highest BCUT2D eigenvalue weighted by molar-refractivity contribution is 6.18. The maximum absolute atomic E-state index is 12.7. The van der Waals surface area contributed by atoms with Crippen molar-refractivity contribution >= 4 is 58.6 Å². The van der Waals surface area contributed by atoms with Gasteiger partial charge in [0.05, 0.1) is 29.1 Å². The van der Waals surface area contributed by atoms with Crippen molar-refractivity contribution in [2.24, 2.45) is 0 Å². The molecule has 1 amide bonds. The highest BCUT2D eigenvalue weighted by atomic mass is 35.5. The van der Waals surface area contributed by atoms with Gasteiger partial charge >= 0.3 is 0 Å². The van der Waals surface area contributed by atoms with Crippen molar-refractivity contribution < 1.29 is 19.4 Å². The third kappa shape index (κ3) is 7.89. The first-order chi connectivity index (χ1) is 14.9. The summed E-state index contributed by atoms with van der Waals surface area (Å²) >= 11 is 11.6. The highest BCUT2D eigenvalue weighted by Gasteiger charge is 2.30. The van der Waals surface area contributed by atoms with E-state index < -0.39 is 27.1 Å². The van der Waals surface area contributed by atoms with Gasteiger partial charge in [-0.3, -0.25) is 29.9 Å². The van der Waals surface area contributed by atoms with Gasteiger partial charge in [0.25, 0.3) is 17.3 Å². The van der Waals surface area contributed by atoms with Gasteiger partial charge in [-0.25, -0.2) is 0 Å². The zero-order valence-electron chi connectivity index (χ0n) is 17.3. The molecule has 11 nitrogen and oxygen atoms in total. The number of anilines is 1. The lowest BCUT2D eigenvalue weighted by atomic mass is 10.1. The second-order valence-corrected chi connectivity index (χ2v) is 7.56. The molecule has 1 aliphatic heterocycles. The Bertz CT molecular complexity index is 789. The monoisotopic (exact) mass is 513 g/mol. The molecule has 1 heterocycles. The minimum atomic E-state index is -0.799. The molecule has 1 aromatic carbocycles. The van der Waals surface area contributed by atoms with Crippen molar-refractivity contribution in [3.8, 4) is 0 Å². The molecule has 1 fully saturated rings. The number of nitro benzene ring substituents is 2. The van der Waals surface area contributed by atoms with E-state index in [4.69, 9.17) is 27.9 Å². The minimum absolute atomic E-state index is 0. The van der Waals surface area contributed by atoms with E-state index in [-0.39, 0.29) is 48.5 Å². The third-order valence-corrected chi connectivity index (χ3v) is 5.16. The lowest BCUT2D eigenvalue weighted by Crippen LogP contribution is -2.38. The average molecular weight is 515 g/mol. The van der Waals surface area contributed by atoms with Crippen LogP contribution in [0.1, 0.15) is 16.8 Å². The molecule has 14 heteroatoms. The lowest BCUT2D eigenvalue weighted by Gasteiger charge is -2.26.